The lowest BCUT2D eigenvalue weighted by Gasteiger charge is -2.17. The molecule has 1 N–H and O–H groups in total. The van der Waals surface area contributed by atoms with Crippen molar-refractivity contribution in [2.75, 3.05) is 6.54 Å². The zero-order valence-electron chi connectivity index (χ0n) is 11.0. The third-order valence-electron chi connectivity index (χ3n) is 2.93. The molecule has 2 heterocycles. The van der Waals surface area contributed by atoms with Crippen molar-refractivity contribution in [2.45, 2.75) is 32.7 Å². The van der Waals surface area contributed by atoms with Crippen molar-refractivity contribution in [2.24, 2.45) is 0 Å². The van der Waals surface area contributed by atoms with Gasteiger partial charge in [-0.25, -0.2) is 0 Å². The molecule has 0 aliphatic carbocycles. The van der Waals surface area contributed by atoms with Gasteiger partial charge in [-0.1, -0.05) is 13.0 Å². The SMILES string of the molecule is CCCNC(Cc1ccoc1)c1cccc(C)n1. The molecule has 0 saturated carbocycles. The Morgan fingerprint density at radius 2 is 2.22 bits per heavy atom. The van der Waals surface area contributed by atoms with Crippen molar-refractivity contribution in [1.29, 1.82) is 0 Å². The molecule has 2 aromatic rings. The number of aryl methyl sites for hydroxylation is 1. The lowest BCUT2D eigenvalue weighted by atomic mass is 10.0. The van der Waals surface area contributed by atoms with E-state index in [0.29, 0.717) is 0 Å². The number of rotatable bonds is 6. The molecule has 0 aliphatic heterocycles. The van der Waals surface area contributed by atoms with E-state index in [9.17, 15) is 0 Å². The van der Waals surface area contributed by atoms with Gasteiger partial charge in [-0.2, -0.15) is 0 Å². The monoisotopic (exact) mass is 244 g/mol. The van der Waals surface area contributed by atoms with Crippen molar-refractivity contribution < 1.29 is 4.42 Å². The van der Waals surface area contributed by atoms with Crippen LogP contribution in [0.3, 0.4) is 0 Å². The molecular formula is C15H20N2O. The molecule has 2 rings (SSSR count). The molecule has 2 aromatic heterocycles. The first-order valence-electron chi connectivity index (χ1n) is 6.47. The minimum atomic E-state index is 0.252. The molecule has 1 unspecified atom stereocenters. The van der Waals surface area contributed by atoms with Crippen LogP contribution in [-0.4, -0.2) is 11.5 Å². The van der Waals surface area contributed by atoms with Gasteiger partial charge in [-0.15, -0.1) is 0 Å². The van der Waals surface area contributed by atoms with Gasteiger partial charge >= 0.3 is 0 Å². The first-order chi connectivity index (χ1) is 8.79. The lowest BCUT2D eigenvalue weighted by Crippen LogP contribution is -2.25. The Hall–Kier alpha value is -1.61. The van der Waals surface area contributed by atoms with Crippen molar-refractivity contribution in [3.8, 4) is 0 Å². The molecule has 0 fully saturated rings. The maximum absolute atomic E-state index is 5.13. The minimum absolute atomic E-state index is 0.252. The summed E-state index contributed by atoms with van der Waals surface area (Å²) in [6, 6.07) is 8.44. The highest BCUT2D eigenvalue weighted by molar-refractivity contribution is 5.17. The van der Waals surface area contributed by atoms with E-state index in [1.165, 1.54) is 5.56 Å². The van der Waals surface area contributed by atoms with Gasteiger partial charge in [0.15, 0.2) is 0 Å². The van der Waals surface area contributed by atoms with Crippen LogP contribution in [0.2, 0.25) is 0 Å². The van der Waals surface area contributed by atoms with Crippen LogP contribution in [0.1, 0.15) is 36.3 Å². The minimum Gasteiger partial charge on any atom is -0.472 e. The van der Waals surface area contributed by atoms with Crippen molar-refractivity contribution in [3.05, 3.63) is 53.7 Å². The van der Waals surface area contributed by atoms with E-state index in [4.69, 9.17) is 4.42 Å². The summed E-state index contributed by atoms with van der Waals surface area (Å²) < 4.78 is 5.13. The molecular weight excluding hydrogens is 224 g/mol. The van der Waals surface area contributed by atoms with Gasteiger partial charge in [0.05, 0.1) is 24.3 Å². The Morgan fingerprint density at radius 1 is 1.33 bits per heavy atom. The van der Waals surface area contributed by atoms with Crippen LogP contribution in [0.25, 0.3) is 0 Å². The Labute approximate surface area is 108 Å². The van der Waals surface area contributed by atoms with E-state index in [1.54, 1.807) is 12.5 Å². The Morgan fingerprint density at radius 3 is 2.89 bits per heavy atom. The van der Waals surface area contributed by atoms with Crippen molar-refractivity contribution in [1.82, 2.24) is 10.3 Å². The van der Waals surface area contributed by atoms with E-state index in [1.807, 2.05) is 19.1 Å². The van der Waals surface area contributed by atoms with E-state index in [-0.39, 0.29) is 6.04 Å². The van der Waals surface area contributed by atoms with Gasteiger partial charge in [0.1, 0.15) is 0 Å². The number of nitrogens with one attached hydrogen (secondary N) is 1. The molecule has 96 valence electrons. The van der Waals surface area contributed by atoms with E-state index in [2.05, 4.69) is 29.4 Å². The standard InChI is InChI=1S/C15H20N2O/c1-3-8-16-15(10-13-7-9-18-11-13)14-6-4-5-12(2)17-14/h4-7,9,11,15-16H,3,8,10H2,1-2H3. The summed E-state index contributed by atoms with van der Waals surface area (Å²) in [5.41, 5.74) is 3.36. The van der Waals surface area contributed by atoms with Crippen molar-refractivity contribution in [3.63, 3.8) is 0 Å². The normalized spacial score (nSPS) is 12.6. The van der Waals surface area contributed by atoms with Crippen LogP contribution in [0.5, 0.6) is 0 Å². The number of pyridine rings is 1. The fourth-order valence-corrected chi connectivity index (χ4v) is 2.00. The summed E-state index contributed by atoms with van der Waals surface area (Å²) >= 11 is 0. The zero-order chi connectivity index (χ0) is 12.8. The molecule has 3 nitrogen and oxygen atoms in total. The average Bonchev–Trinajstić information content (AvgIpc) is 2.87. The first kappa shape index (κ1) is 12.8. The van der Waals surface area contributed by atoms with Crippen LogP contribution in [0.15, 0.2) is 41.2 Å². The van der Waals surface area contributed by atoms with E-state index < -0.39 is 0 Å². The molecule has 0 aromatic carbocycles. The predicted octanol–water partition coefficient (Wildman–Crippen LogP) is 3.27. The predicted molar refractivity (Wildman–Crippen MR) is 72.4 cm³/mol. The lowest BCUT2D eigenvalue weighted by molar-refractivity contribution is 0.510. The highest BCUT2D eigenvalue weighted by atomic mass is 16.3. The van der Waals surface area contributed by atoms with Gasteiger partial charge in [0, 0.05) is 5.69 Å². The molecule has 1 atom stereocenters. The highest BCUT2D eigenvalue weighted by Crippen LogP contribution is 2.17. The molecule has 0 spiro atoms. The van der Waals surface area contributed by atoms with Gasteiger partial charge in [0.2, 0.25) is 0 Å². The molecule has 0 aliphatic rings. The fraction of sp³-hybridized carbons (Fsp3) is 0.400. The molecule has 18 heavy (non-hydrogen) atoms. The maximum Gasteiger partial charge on any atom is 0.0935 e. The Bertz CT molecular complexity index is 465. The number of nitrogens with zero attached hydrogens (tertiary/aromatic N) is 1. The molecule has 0 saturated heterocycles. The molecule has 0 bridgehead atoms. The fourth-order valence-electron chi connectivity index (χ4n) is 2.00. The summed E-state index contributed by atoms with van der Waals surface area (Å²) in [6.45, 7) is 5.20. The smallest absolute Gasteiger partial charge is 0.0935 e. The Kier molecular flexibility index (Phi) is 4.53. The Balaban J connectivity index is 2.13. The quantitative estimate of drug-likeness (QED) is 0.847. The summed E-state index contributed by atoms with van der Waals surface area (Å²) in [5.74, 6) is 0. The van der Waals surface area contributed by atoms with Crippen LogP contribution < -0.4 is 5.32 Å². The summed E-state index contributed by atoms with van der Waals surface area (Å²) in [7, 11) is 0. The van der Waals surface area contributed by atoms with E-state index in [0.717, 1.165) is 30.8 Å². The van der Waals surface area contributed by atoms with E-state index >= 15 is 0 Å². The van der Waals surface area contributed by atoms with Gasteiger partial charge in [-0.3, -0.25) is 4.98 Å². The van der Waals surface area contributed by atoms with Crippen LogP contribution in [-0.2, 0) is 6.42 Å². The summed E-state index contributed by atoms with van der Waals surface area (Å²) in [5, 5.41) is 3.55. The third-order valence-corrected chi connectivity index (χ3v) is 2.93. The molecule has 0 radical (unpaired) electrons. The average molecular weight is 244 g/mol. The summed E-state index contributed by atoms with van der Waals surface area (Å²) in [6.07, 6.45) is 5.55. The largest absolute Gasteiger partial charge is 0.472 e. The highest BCUT2D eigenvalue weighted by Gasteiger charge is 2.13. The molecule has 0 amide bonds. The van der Waals surface area contributed by atoms with Gasteiger partial charge in [0.25, 0.3) is 0 Å². The van der Waals surface area contributed by atoms with Crippen LogP contribution in [0.4, 0.5) is 0 Å². The topological polar surface area (TPSA) is 38.1 Å². The zero-order valence-corrected chi connectivity index (χ0v) is 11.0. The third kappa shape index (κ3) is 3.44. The van der Waals surface area contributed by atoms with Crippen LogP contribution in [0, 0.1) is 6.92 Å². The number of furan rings is 1. The number of aromatic nitrogens is 1. The van der Waals surface area contributed by atoms with Crippen LogP contribution >= 0.6 is 0 Å². The van der Waals surface area contributed by atoms with Gasteiger partial charge < -0.3 is 9.73 Å². The summed E-state index contributed by atoms with van der Waals surface area (Å²) in [4.78, 5) is 4.61. The maximum atomic E-state index is 5.13. The van der Waals surface area contributed by atoms with Crippen molar-refractivity contribution >= 4 is 0 Å². The van der Waals surface area contributed by atoms with Gasteiger partial charge in [-0.05, 0) is 50.1 Å². The second-order valence-corrected chi connectivity index (χ2v) is 4.55. The number of hydrogen-bond acceptors (Lipinski definition) is 3. The second-order valence-electron chi connectivity index (χ2n) is 4.55. The molecule has 3 heteroatoms. The second kappa shape index (κ2) is 6.36. The first-order valence-corrected chi connectivity index (χ1v) is 6.47. The number of hydrogen-bond donors (Lipinski definition) is 1.